The number of aldehydes is 1. The molecule has 0 amide bonds. The molecule has 5 nitrogen and oxygen atoms in total. The van der Waals surface area contributed by atoms with Crippen LogP contribution in [-0.4, -0.2) is 40.4 Å². The standard InChI is InChI=1S/C11H14O5S/c1-15-11-7-9(8-12)3-4-10(11)16-5-6-17(2,13)14/h3-4,7-8H,5-6H2,1-2H3. The highest BCUT2D eigenvalue weighted by molar-refractivity contribution is 7.90. The number of rotatable bonds is 6. The van der Waals surface area contributed by atoms with E-state index in [1.807, 2.05) is 0 Å². The number of hydrogen-bond donors (Lipinski definition) is 0. The zero-order chi connectivity index (χ0) is 12.9. The van der Waals surface area contributed by atoms with E-state index in [-0.39, 0.29) is 12.4 Å². The van der Waals surface area contributed by atoms with E-state index >= 15 is 0 Å². The van der Waals surface area contributed by atoms with Crippen LogP contribution in [0.3, 0.4) is 0 Å². The number of carbonyl (C=O) groups is 1. The highest BCUT2D eigenvalue weighted by Crippen LogP contribution is 2.27. The van der Waals surface area contributed by atoms with Crippen molar-refractivity contribution in [2.45, 2.75) is 0 Å². The second kappa shape index (κ2) is 5.67. The SMILES string of the molecule is COc1cc(C=O)ccc1OCCS(C)(=O)=O. The molecule has 17 heavy (non-hydrogen) atoms. The third-order valence-corrected chi connectivity index (χ3v) is 2.94. The lowest BCUT2D eigenvalue weighted by atomic mass is 10.2. The first-order valence-corrected chi connectivity index (χ1v) is 6.96. The first-order valence-electron chi connectivity index (χ1n) is 4.90. The normalized spacial score (nSPS) is 10.9. The Bertz CT molecular complexity index is 493. The molecule has 0 aliphatic rings. The molecule has 0 aromatic heterocycles. The number of hydrogen-bond acceptors (Lipinski definition) is 5. The van der Waals surface area contributed by atoms with Crippen molar-refractivity contribution in [1.82, 2.24) is 0 Å². The van der Waals surface area contributed by atoms with Crippen molar-refractivity contribution in [3.8, 4) is 11.5 Å². The summed E-state index contributed by atoms with van der Waals surface area (Å²) in [6.07, 6.45) is 1.84. The van der Waals surface area contributed by atoms with Crippen molar-refractivity contribution in [3.05, 3.63) is 23.8 Å². The van der Waals surface area contributed by atoms with Crippen LogP contribution in [0.15, 0.2) is 18.2 Å². The van der Waals surface area contributed by atoms with Gasteiger partial charge in [-0.2, -0.15) is 0 Å². The lowest BCUT2D eigenvalue weighted by molar-refractivity contribution is 0.112. The van der Waals surface area contributed by atoms with E-state index in [1.54, 1.807) is 12.1 Å². The third-order valence-electron chi connectivity index (χ3n) is 2.04. The predicted molar refractivity (Wildman–Crippen MR) is 63.6 cm³/mol. The Hall–Kier alpha value is -1.56. The van der Waals surface area contributed by atoms with Gasteiger partial charge in [-0.05, 0) is 18.2 Å². The maximum Gasteiger partial charge on any atom is 0.161 e. The van der Waals surface area contributed by atoms with Gasteiger partial charge >= 0.3 is 0 Å². The minimum atomic E-state index is -3.05. The first kappa shape index (κ1) is 13.5. The maximum absolute atomic E-state index is 10.9. The molecule has 1 aromatic carbocycles. The summed E-state index contributed by atoms with van der Waals surface area (Å²) in [6, 6.07) is 4.68. The van der Waals surface area contributed by atoms with Gasteiger partial charge in [0.15, 0.2) is 21.3 Å². The number of benzene rings is 1. The van der Waals surface area contributed by atoms with Gasteiger partial charge in [-0.1, -0.05) is 0 Å². The van der Waals surface area contributed by atoms with Crippen molar-refractivity contribution in [3.63, 3.8) is 0 Å². The molecular formula is C11H14O5S. The van der Waals surface area contributed by atoms with Crippen LogP contribution in [0, 0.1) is 0 Å². The van der Waals surface area contributed by atoms with E-state index in [2.05, 4.69) is 0 Å². The molecule has 0 saturated heterocycles. The fourth-order valence-corrected chi connectivity index (χ4v) is 1.57. The Morgan fingerprint density at radius 1 is 1.29 bits per heavy atom. The Labute approximate surface area is 100 Å². The van der Waals surface area contributed by atoms with Gasteiger partial charge in [-0.3, -0.25) is 4.79 Å². The molecule has 0 heterocycles. The van der Waals surface area contributed by atoms with Crippen LogP contribution >= 0.6 is 0 Å². The highest BCUT2D eigenvalue weighted by atomic mass is 32.2. The van der Waals surface area contributed by atoms with Gasteiger partial charge in [0.05, 0.1) is 12.9 Å². The van der Waals surface area contributed by atoms with Gasteiger partial charge in [0, 0.05) is 11.8 Å². The van der Waals surface area contributed by atoms with E-state index < -0.39 is 9.84 Å². The highest BCUT2D eigenvalue weighted by Gasteiger charge is 2.07. The summed E-state index contributed by atoms with van der Waals surface area (Å²) in [5, 5.41) is 0. The largest absolute Gasteiger partial charge is 0.493 e. The van der Waals surface area contributed by atoms with Crippen LogP contribution in [0.2, 0.25) is 0 Å². The lowest BCUT2D eigenvalue weighted by Crippen LogP contribution is -2.12. The fourth-order valence-electron chi connectivity index (χ4n) is 1.18. The molecule has 6 heteroatoms. The molecule has 0 spiro atoms. The minimum absolute atomic E-state index is 0.0512. The molecule has 0 saturated carbocycles. The van der Waals surface area contributed by atoms with Crippen LogP contribution in [0.5, 0.6) is 11.5 Å². The van der Waals surface area contributed by atoms with Gasteiger partial charge in [0.2, 0.25) is 0 Å². The summed E-state index contributed by atoms with van der Waals surface area (Å²) in [4.78, 5) is 10.6. The van der Waals surface area contributed by atoms with E-state index in [0.29, 0.717) is 23.3 Å². The maximum atomic E-state index is 10.9. The minimum Gasteiger partial charge on any atom is -0.493 e. The summed E-state index contributed by atoms with van der Waals surface area (Å²) in [5.41, 5.74) is 0.470. The summed E-state index contributed by atoms with van der Waals surface area (Å²) >= 11 is 0. The van der Waals surface area contributed by atoms with Crippen molar-refractivity contribution in [2.24, 2.45) is 0 Å². The Morgan fingerprint density at radius 2 is 2.00 bits per heavy atom. The van der Waals surface area contributed by atoms with E-state index in [1.165, 1.54) is 13.2 Å². The van der Waals surface area contributed by atoms with Crippen molar-refractivity contribution in [1.29, 1.82) is 0 Å². The third kappa shape index (κ3) is 4.44. The monoisotopic (exact) mass is 258 g/mol. The molecule has 0 unspecified atom stereocenters. The van der Waals surface area contributed by atoms with Gasteiger partial charge in [-0.25, -0.2) is 8.42 Å². The molecule has 0 atom stereocenters. The average Bonchev–Trinajstić information content (AvgIpc) is 2.27. The Morgan fingerprint density at radius 3 is 2.53 bits per heavy atom. The topological polar surface area (TPSA) is 69.7 Å². The van der Waals surface area contributed by atoms with Gasteiger partial charge in [0.1, 0.15) is 12.9 Å². The summed E-state index contributed by atoms with van der Waals surface area (Å²) in [6.45, 7) is 0.0512. The molecular weight excluding hydrogens is 244 g/mol. The molecule has 94 valence electrons. The number of methoxy groups -OCH3 is 1. The molecule has 0 aliphatic carbocycles. The van der Waals surface area contributed by atoms with E-state index in [0.717, 1.165) is 6.26 Å². The van der Waals surface area contributed by atoms with Crippen LogP contribution in [0.25, 0.3) is 0 Å². The summed E-state index contributed by atoms with van der Waals surface area (Å²) in [7, 11) is -1.60. The number of sulfone groups is 1. The molecule has 1 aromatic rings. The molecule has 1 rings (SSSR count). The zero-order valence-electron chi connectivity index (χ0n) is 9.67. The van der Waals surface area contributed by atoms with Crippen LogP contribution in [0.1, 0.15) is 10.4 Å². The summed E-state index contributed by atoms with van der Waals surface area (Å²) in [5.74, 6) is 0.760. The van der Waals surface area contributed by atoms with E-state index in [9.17, 15) is 13.2 Å². The Kier molecular flexibility index (Phi) is 4.51. The number of carbonyl (C=O) groups excluding carboxylic acids is 1. The fraction of sp³-hybridized carbons (Fsp3) is 0.364. The molecule has 0 bridgehead atoms. The predicted octanol–water partition coefficient (Wildman–Crippen LogP) is 0.931. The average molecular weight is 258 g/mol. The van der Waals surface area contributed by atoms with Crippen molar-refractivity contribution >= 4 is 16.1 Å². The molecule has 0 radical (unpaired) electrons. The van der Waals surface area contributed by atoms with E-state index in [4.69, 9.17) is 9.47 Å². The molecule has 0 N–H and O–H groups in total. The Balaban J connectivity index is 2.74. The number of ether oxygens (including phenoxy) is 2. The van der Waals surface area contributed by atoms with Crippen molar-refractivity contribution in [2.75, 3.05) is 25.7 Å². The van der Waals surface area contributed by atoms with Gasteiger partial charge < -0.3 is 9.47 Å². The first-order chi connectivity index (χ1) is 7.96. The van der Waals surface area contributed by atoms with Gasteiger partial charge in [-0.15, -0.1) is 0 Å². The zero-order valence-corrected chi connectivity index (χ0v) is 10.5. The second-order valence-corrected chi connectivity index (χ2v) is 5.77. The smallest absolute Gasteiger partial charge is 0.161 e. The molecule has 0 aliphatic heterocycles. The van der Waals surface area contributed by atoms with Crippen LogP contribution < -0.4 is 9.47 Å². The summed E-state index contributed by atoms with van der Waals surface area (Å²) < 4.78 is 32.2. The van der Waals surface area contributed by atoms with Crippen molar-refractivity contribution < 1.29 is 22.7 Å². The second-order valence-electron chi connectivity index (χ2n) is 3.51. The lowest BCUT2D eigenvalue weighted by Gasteiger charge is -2.10. The van der Waals surface area contributed by atoms with Gasteiger partial charge in [0.25, 0.3) is 0 Å². The quantitative estimate of drug-likeness (QED) is 0.710. The molecule has 0 fully saturated rings. The van der Waals surface area contributed by atoms with Crippen LogP contribution in [0.4, 0.5) is 0 Å². The van der Waals surface area contributed by atoms with Crippen LogP contribution in [-0.2, 0) is 9.84 Å².